The Bertz CT molecular complexity index is 222. The summed E-state index contributed by atoms with van der Waals surface area (Å²) >= 11 is 0. The molecule has 2 N–H and O–H groups in total. The second-order valence-electron chi connectivity index (χ2n) is 5.27. The standard InChI is InChI=1S/C13H26N2O/c1-5-9(2)11(4)15-13(16)12-7-6-10(3)14-8-12/h9-12,14H,5-8H2,1-4H3,(H,15,16). The quantitative estimate of drug-likeness (QED) is 0.769. The van der Waals surface area contributed by atoms with Gasteiger partial charge in [-0.25, -0.2) is 0 Å². The van der Waals surface area contributed by atoms with Crippen LogP contribution in [0, 0.1) is 11.8 Å². The van der Waals surface area contributed by atoms with Gasteiger partial charge in [-0.2, -0.15) is 0 Å². The molecular weight excluding hydrogens is 200 g/mol. The molecule has 1 aliphatic rings. The van der Waals surface area contributed by atoms with E-state index >= 15 is 0 Å². The van der Waals surface area contributed by atoms with Gasteiger partial charge in [0, 0.05) is 18.6 Å². The number of nitrogens with one attached hydrogen (secondary N) is 2. The van der Waals surface area contributed by atoms with Crippen molar-refractivity contribution < 1.29 is 4.79 Å². The van der Waals surface area contributed by atoms with E-state index in [-0.39, 0.29) is 17.9 Å². The van der Waals surface area contributed by atoms with Gasteiger partial charge in [-0.3, -0.25) is 4.79 Å². The molecule has 0 aliphatic carbocycles. The number of amides is 1. The molecule has 3 heteroatoms. The number of carbonyl (C=O) groups excluding carboxylic acids is 1. The summed E-state index contributed by atoms with van der Waals surface area (Å²) in [6, 6.07) is 0.855. The van der Waals surface area contributed by atoms with E-state index in [0.29, 0.717) is 12.0 Å². The van der Waals surface area contributed by atoms with Gasteiger partial charge in [0.15, 0.2) is 0 Å². The van der Waals surface area contributed by atoms with Crippen LogP contribution in [0.5, 0.6) is 0 Å². The van der Waals surface area contributed by atoms with Crippen molar-refractivity contribution in [3.8, 4) is 0 Å². The van der Waals surface area contributed by atoms with E-state index in [4.69, 9.17) is 0 Å². The summed E-state index contributed by atoms with van der Waals surface area (Å²) in [5.41, 5.74) is 0. The maximum Gasteiger partial charge on any atom is 0.224 e. The fourth-order valence-electron chi connectivity index (χ4n) is 2.06. The molecule has 1 aliphatic heterocycles. The normalized spacial score (nSPS) is 29.5. The van der Waals surface area contributed by atoms with Crippen molar-refractivity contribution in [2.24, 2.45) is 11.8 Å². The minimum absolute atomic E-state index is 0.169. The molecule has 0 spiro atoms. The van der Waals surface area contributed by atoms with E-state index in [1.807, 2.05) is 0 Å². The van der Waals surface area contributed by atoms with Gasteiger partial charge in [-0.15, -0.1) is 0 Å². The third-order valence-electron chi connectivity index (χ3n) is 3.90. The van der Waals surface area contributed by atoms with Gasteiger partial charge in [0.1, 0.15) is 0 Å². The van der Waals surface area contributed by atoms with Crippen LogP contribution in [0.4, 0.5) is 0 Å². The second-order valence-corrected chi connectivity index (χ2v) is 5.27. The van der Waals surface area contributed by atoms with Crippen LogP contribution in [0.15, 0.2) is 0 Å². The first kappa shape index (κ1) is 13.5. The lowest BCUT2D eigenvalue weighted by Gasteiger charge is -2.29. The monoisotopic (exact) mass is 226 g/mol. The van der Waals surface area contributed by atoms with Crippen LogP contribution in [0.25, 0.3) is 0 Å². The van der Waals surface area contributed by atoms with Gasteiger partial charge < -0.3 is 10.6 Å². The van der Waals surface area contributed by atoms with Crippen molar-refractivity contribution in [3.63, 3.8) is 0 Å². The molecule has 0 aromatic rings. The number of hydrogen-bond donors (Lipinski definition) is 2. The van der Waals surface area contributed by atoms with Crippen molar-refractivity contribution in [2.45, 2.75) is 59.0 Å². The Morgan fingerprint density at radius 3 is 2.62 bits per heavy atom. The molecular formula is C13H26N2O. The lowest BCUT2D eigenvalue weighted by atomic mass is 9.93. The van der Waals surface area contributed by atoms with E-state index in [0.717, 1.165) is 25.8 Å². The smallest absolute Gasteiger partial charge is 0.224 e. The first-order chi connectivity index (χ1) is 7.54. The molecule has 3 nitrogen and oxygen atoms in total. The summed E-state index contributed by atoms with van der Waals surface area (Å²) in [6.07, 6.45) is 3.24. The molecule has 1 fully saturated rings. The minimum Gasteiger partial charge on any atom is -0.353 e. The molecule has 0 aromatic heterocycles. The van der Waals surface area contributed by atoms with Gasteiger partial charge in [-0.1, -0.05) is 20.3 Å². The number of carbonyl (C=O) groups is 1. The van der Waals surface area contributed by atoms with Crippen molar-refractivity contribution in [2.75, 3.05) is 6.54 Å². The Labute approximate surface area is 99.4 Å². The average Bonchev–Trinajstić information content (AvgIpc) is 2.28. The van der Waals surface area contributed by atoms with E-state index in [9.17, 15) is 4.79 Å². The summed E-state index contributed by atoms with van der Waals surface area (Å²) < 4.78 is 0. The highest BCUT2D eigenvalue weighted by molar-refractivity contribution is 5.79. The van der Waals surface area contributed by atoms with Crippen LogP contribution in [-0.2, 0) is 4.79 Å². The molecule has 16 heavy (non-hydrogen) atoms. The van der Waals surface area contributed by atoms with Gasteiger partial charge in [0.05, 0.1) is 5.92 Å². The molecule has 4 atom stereocenters. The van der Waals surface area contributed by atoms with Crippen LogP contribution >= 0.6 is 0 Å². The van der Waals surface area contributed by atoms with Crippen molar-refractivity contribution >= 4 is 5.91 Å². The number of piperidine rings is 1. The summed E-state index contributed by atoms with van der Waals surface area (Å²) in [4.78, 5) is 12.0. The minimum atomic E-state index is 0.169. The highest BCUT2D eigenvalue weighted by atomic mass is 16.2. The van der Waals surface area contributed by atoms with Gasteiger partial charge in [0.25, 0.3) is 0 Å². The number of hydrogen-bond acceptors (Lipinski definition) is 2. The second kappa shape index (κ2) is 6.24. The zero-order valence-electron chi connectivity index (χ0n) is 11.0. The van der Waals surface area contributed by atoms with Crippen molar-refractivity contribution in [1.82, 2.24) is 10.6 Å². The van der Waals surface area contributed by atoms with Crippen LogP contribution in [0.2, 0.25) is 0 Å². The van der Waals surface area contributed by atoms with Crippen LogP contribution in [0.3, 0.4) is 0 Å². The van der Waals surface area contributed by atoms with Crippen LogP contribution in [0.1, 0.15) is 47.0 Å². The zero-order chi connectivity index (χ0) is 12.1. The predicted octanol–water partition coefficient (Wildman–Crippen LogP) is 1.93. The molecule has 0 bridgehead atoms. The topological polar surface area (TPSA) is 41.1 Å². The van der Waals surface area contributed by atoms with E-state index in [2.05, 4.69) is 38.3 Å². The largest absolute Gasteiger partial charge is 0.353 e. The van der Waals surface area contributed by atoms with Gasteiger partial charge in [-0.05, 0) is 32.6 Å². The average molecular weight is 226 g/mol. The maximum atomic E-state index is 12.0. The molecule has 0 radical (unpaired) electrons. The highest BCUT2D eigenvalue weighted by Crippen LogP contribution is 2.15. The molecule has 0 aromatic carbocycles. The molecule has 1 amide bonds. The fraction of sp³-hybridized carbons (Fsp3) is 0.923. The molecule has 94 valence electrons. The fourth-order valence-corrected chi connectivity index (χ4v) is 2.06. The highest BCUT2D eigenvalue weighted by Gasteiger charge is 2.25. The summed E-state index contributed by atoms with van der Waals surface area (Å²) in [6.45, 7) is 9.46. The first-order valence-corrected chi connectivity index (χ1v) is 6.58. The summed E-state index contributed by atoms with van der Waals surface area (Å²) in [7, 11) is 0. The molecule has 1 saturated heterocycles. The Balaban J connectivity index is 2.34. The summed E-state index contributed by atoms with van der Waals surface area (Å²) in [5.74, 6) is 0.953. The zero-order valence-corrected chi connectivity index (χ0v) is 11.0. The van der Waals surface area contributed by atoms with E-state index in [1.54, 1.807) is 0 Å². The summed E-state index contributed by atoms with van der Waals surface area (Å²) in [5, 5.41) is 6.50. The lowest BCUT2D eigenvalue weighted by molar-refractivity contribution is -0.126. The molecule has 1 heterocycles. The van der Waals surface area contributed by atoms with Gasteiger partial charge in [0.2, 0.25) is 5.91 Å². The maximum absolute atomic E-state index is 12.0. The molecule has 1 rings (SSSR count). The molecule has 0 saturated carbocycles. The van der Waals surface area contributed by atoms with Crippen LogP contribution in [-0.4, -0.2) is 24.5 Å². The van der Waals surface area contributed by atoms with Crippen molar-refractivity contribution in [3.05, 3.63) is 0 Å². The van der Waals surface area contributed by atoms with E-state index < -0.39 is 0 Å². The predicted molar refractivity (Wildman–Crippen MR) is 67.2 cm³/mol. The Morgan fingerprint density at radius 1 is 1.44 bits per heavy atom. The molecule has 4 unspecified atom stereocenters. The van der Waals surface area contributed by atoms with Crippen molar-refractivity contribution in [1.29, 1.82) is 0 Å². The SMILES string of the molecule is CCC(C)C(C)NC(=O)C1CCC(C)NC1. The first-order valence-electron chi connectivity index (χ1n) is 6.58. The third-order valence-corrected chi connectivity index (χ3v) is 3.90. The van der Waals surface area contributed by atoms with E-state index in [1.165, 1.54) is 0 Å². The van der Waals surface area contributed by atoms with Gasteiger partial charge >= 0.3 is 0 Å². The number of rotatable bonds is 4. The lowest BCUT2D eigenvalue weighted by Crippen LogP contribution is -2.47. The Hall–Kier alpha value is -0.570. The van der Waals surface area contributed by atoms with Crippen LogP contribution < -0.4 is 10.6 Å². The Kier molecular flexibility index (Phi) is 5.26. The Morgan fingerprint density at radius 2 is 2.12 bits per heavy atom. The third kappa shape index (κ3) is 3.78.